The van der Waals surface area contributed by atoms with E-state index in [0.717, 1.165) is 25.9 Å². The van der Waals surface area contributed by atoms with Gasteiger partial charge < -0.3 is 10.2 Å². The fourth-order valence-corrected chi connectivity index (χ4v) is 3.49. The smallest absolute Gasteiger partial charge is 0.0764 e. The van der Waals surface area contributed by atoms with E-state index in [2.05, 4.69) is 78.8 Å². The molecular formula is C20H26N2. The topological polar surface area (TPSA) is 15.3 Å². The molecule has 1 unspecified atom stereocenters. The minimum Gasteiger partial charge on any atom is -0.374 e. The summed E-state index contributed by atoms with van der Waals surface area (Å²) in [5, 5.41) is 3.83. The molecule has 3 rings (SSSR count). The Morgan fingerprint density at radius 1 is 1.05 bits per heavy atom. The molecule has 2 aromatic carbocycles. The van der Waals surface area contributed by atoms with E-state index in [1.165, 1.54) is 23.2 Å². The molecule has 1 fully saturated rings. The summed E-state index contributed by atoms with van der Waals surface area (Å²) < 4.78 is 0. The second-order valence-corrected chi connectivity index (χ2v) is 6.51. The highest BCUT2D eigenvalue weighted by Gasteiger charge is 2.38. The largest absolute Gasteiger partial charge is 0.374 e. The molecule has 1 aliphatic heterocycles. The number of anilines is 1. The molecule has 0 saturated carbocycles. The highest BCUT2D eigenvalue weighted by Crippen LogP contribution is 2.35. The van der Waals surface area contributed by atoms with Gasteiger partial charge in [0.25, 0.3) is 0 Å². The van der Waals surface area contributed by atoms with Crippen molar-refractivity contribution < 1.29 is 0 Å². The number of hydrogen-bond donors (Lipinski definition) is 1. The van der Waals surface area contributed by atoms with Crippen molar-refractivity contribution in [1.82, 2.24) is 4.90 Å². The zero-order valence-electron chi connectivity index (χ0n) is 13.7. The molecule has 22 heavy (non-hydrogen) atoms. The van der Waals surface area contributed by atoms with E-state index in [-0.39, 0.29) is 5.54 Å². The lowest BCUT2D eigenvalue weighted by Crippen LogP contribution is -2.37. The lowest BCUT2D eigenvalue weighted by atomic mass is 9.88. The summed E-state index contributed by atoms with van der Waals surface area (Å²) in [6.07, 6.45) is 3.50. The molecule has 2 heteroatoms. The van der Waals surface area contributed by atoms with E-state index in [9.17, 15) is 0 Å². The quantitative estimate of drug-likeness (QED) is 0.885. The van der Waals surface area contributed by atoms with Crippen molar-refractivity contribution in [2.75, 3.05) is 25.5 Å². The summed E-state index contributed by atoms with van der Waals surface area (Å²) in [4.78, 5) is 2.41. The molecule has 116 valence electrons. The highest BCUT2D eigenvalue weighted by molar-refractivity contribution is 5.50. The third kappa shape index (κ3) is 3.17. The molecule has 1 saturated heterocycles. The molecule has 0 bridgehead atoms. The van der Waals surface area contributed by atoms with Gasteiger partial charge in [-0.05, 0) is 43.1 Å². The van der Waals surface area contributed by atoms with E-state index in [4.69, 9.17) is 0 Å². The van der Waals surface area contributed by atoms with Crippen LogP contribution in [0.15, 0.2) is 54.6 Å². The van der Waals surface area contributed by atoms with Gasteiger partial charge in [-0.2, -0.15) is 0 Å². The van der Waals surface area contributed by atoms with Gasteiger partial charge in [-0.1, -0.05) is 55.8 Å². The van der Waals surface area contributed by atoms with Gasteiger partial charge in [-0.3, -0.25) is 0 Å². The average molecular weight is 294 g/mol. The van der Waals surface area contributed by atoms with Gasteiger partial charge in [-0.25, -0.2) is 0 Å². The second-order valence-electron chi connectivity index (χ2n) is 6.51. The molecule has 1 heterocycles. The number of nitrogens with one attached hydrogen (secondary N) is 1. The van der Waals surface area contributed by atoms with Crippen LogP contribution in [0.3, 0.4) is 0 Å². The van der Waals surface area contributed by atoms with E-state index in [1.807, 2.05) is 0 Å². The van der Waals surface area contributed by atoms with Crippen LogP contribution < -0.4 is 5.32 Å². The predicted octanol–water partition coefficient (Wildman–Crippen LogP) is 4.28. The third-order valence-electron chi connectivity index (χ3n) is 4.66. The van der Waals surface area contributed by atoms with Crippen molar-refractivity contribution in [2.45, 2.75) is 31.7 Å². The van der Waals surface area contributed by atoms with E-state index in [1.54, 1.807) is 0 Å². The molecule has 0 aromatic heterocycles. The summed E-state index contributed by atoms with van der Waals surface area (Å²) >= 11 is 0. The van der Waals surface area contributed by atoms with Crippen LogP contribution in [0.25, 0.3) is 0 Å². The maximum atomic E-state index is 3.83. The van der Waals surface area contributed by atoms with E-state index < -0.39 is 0 Å². The zero-order chi connectivity index (χ0) is 15.4. The lowest BCUT2D eigenvalue weighted by molar-refractivity contribution is 0.386. The number of likely N-dealkylation sites (N-methyl/N-ethyl adjacent to an activating group) is 1. The van der Waals surface area contributed by atoms with Gasteiger partial charge >= 0.3 is 0 Å². The Hall–Kier alpha value is -1.80. The maximum absolute atomic E-state index is 3.83. The van der Waals surface area contributed by atoms with Crippen LogP contribution in [0.1, 0.15) is 30.9 Å². The SMILES string of the molecule is CCCc1ccc(NC2(c3ccccc3)CCN(C)C2)cc1. The molecule has 1 aliphatic rings. The Kier molecular flexibility index (Phi) is 4.49. The summed E-state index contributed by atoms with van der Waals surface area (Å²) in [7, 11) is 2.21. The van der Waals surface area contributed by atoms with Crippen LogP contribution >= 0.6 is 0 Å². The van der Waals surface area contributed by atoms with Gasteiger partial charge in [0, 0.05) is 18.8 Å². The molecular weight excluding hydrogens is 268 g/mol. The normalized spacial score (nSPS) is 21.9. The van der Waals surface area contributed by atoms with Crippen LogP contribution in [0.4, 0.5) is 5.69 Å². The lowest BCUT2D eigenvalue weighted by Gasteiger charge is -2.32. The van der Waals surface area contributed by atoms with Crippen LogP contribution in [0, 0.1) is 0 Å². The predicted molar refractivity (Wildman–Crippen MR) is 94.3 cm³/mol. The Labute approximate surface area is 134 Å². The fourth-order valence-electron chi connectivity index (χ4n) is 3.49. The third-order valence-corrected chi connectivity index (χ3v) is 4.66. The Morgan fingerprint density at radius 2 is 1.77 bits per heavy atom. The Bertz CT molecular complexity index is 591. The molecule has 1 N–H and O–H groups in total. The first kappa shape index (κ1) is 15.1. The van der Waals surface area contributed by atoms with Gasteiger partial charge in [0.2, 0.25) is 0 Å². The van der Waals surface area contributed by atoms with Crippen molar-refractivity contribution >= 4 is 5.69 Å². The van der Waals surface area contributed by atoms with Gasteiger partial charge in [0.05, 0.1) is 5.54 Å². The molecule has 2 aromatic rings. The zero-order valence-corrected chi connectivity index (χ0v) is 13.7. The summed E-state index contributed by atoms with van der Waals surface area (Å²) in [5.41, 5.74) is 4.06. The molecule has 2 nitrogen and oxygen atoms in total. The first-order valence-corrected chi connectivity index (χ1v) is 8.33. The van der Waals surface area contributed by atoms with Crippen LogP contribution in [0.2, 0.25) is 0 Å². The van der Waals surface area contributed by atoms with Crippen LogP contribution in [0.5, 0.6) is 0 Å². The van der Waals surface area contributed by atoms with E-state index >= 15 is 0 Å². The van der Waals surface area contributed by atoms with Gasteiger partial charge in [0.15, 0.2) is 0 Å². The molecule has 1 atom stereocenters. The van der Waals surface area contributed by atoms with Gasteiger partial charge in [-0.15, -0.1) is 0 Å². The van der Waals surface area contributed by atoms with Crippen molar-refractivity contribution in [2.24, 2.45) is 0 Å². The van der Waals surface area contributed by atoms with E-state index in [0.29, 0.717) is 0 Å². The molecule has 0 aliphatic carbocycles. The molecule has 0 amide bonds. The number of benzene rings is 2. The number of hydrogen-bond acceptors (Lipinski definition) is 2. The first-order valence-electron chi connectivity index (χ1n) is 8.33. The number of rotatable bonds is 5. The molecule has 0 radical (unpaired) electrons. The maximum Gasteiger partial charge on any atom is 0.0764 e. The van der Waals surface area contributed by atoms with Crippen molar-refractivity contribution in [3.8, 4) is 0 Å². The summed E-state index contributed by atoms with van der Waals surface area (Å²) in [5.74, 6) is 0. The average Bonchev–Trinajstić information content (AvgIpc) is 2.93. The summed E-state index contributed by atoms with van der Waals surface area (Å²) in [6.45, 7) is 4.41. The minimum atomic E-state index is 0.0300. The van der Waals surface area contributed by atoms with Gasteiger partial charge in [0.1, 0.15) is 0 Å². The number of nitrogens with zero attached hydrogens (tertiary/aromatic N) is 1. The van der Waals surface area contributed by atoms with Crippen LogP contribution in [-0.2, 0) is 12.0 Å². The summed E-state index contributed by atoms with van der Waals surface area (Å²) in [6, 6.07) is 19.8. The fraction of sp³-hybridized carbons (Fsp3) is 0.400. The highest BCUT2D eigenvalue weighted by atomic mass is 15.2. The van der Waals surface area contributed by atoms with Crippen molar-refractivity contribution in [1.29, 1.82) is 0 Å². The standard InChI is InChI=1S/C20H26N2/c1-3-7-17-10-12-19(13-11-17)21-20(14-15-22(2)16-20)18-8-5-4-6-9-18/h4-6,8-13,21H,3,7,14-16H2,1-2H3. The second kappa shape index (κ2) is 6.53. The van der Waals surface area contributed by atoms with Crippen molar-refractivity contribution in [3.05, 3.63) is 65.7 Å². The minimum absolute atomic E-state index is 0.0300. The van der Waals surface area contributed by atoms with Crippen molar-refractivity contribution in [3.63, 3.8) is 0 Å². The Morgan fingerprint density at radius 3 is 2.36 bits per heavy atom. The van der Waals surface area contributed by atoms with Crippen LogP contribution in [-0.4, -0.2) is 25.0 Å². The molecule has 0 spiro atoms. The number of likely N-dealkylation sites (tertiary alicyclic amines) is 1. The number of aryl methyl sites for hydroxylation is 1. The Balaban J connectivity index is 1.85. The monoisotopic (exact) mass is 294 g/mol. The first-order chi connectivity index (χ1) is 10.7.